The van der Waals surface area contributed by atoms with Crippen LogP contribution < -0.4 is 0 Å². The molecule has 1 aliphatic rings. The molecule has 1 aromatic carbocycles. The summed E-state index contributed by atoms with van der Waals surface area (Å²) in [6, 6.07) is 2.26. The summed E-state index contributed by atoms with van der Waals surface area (Å²) in [6.45, 7) is 0.804. The van der Waals surface area contributed by atoms with Crippen molar-refractivity contribution in [2.75, 3.05) is 20.2 Å². The van der Waals surface area contributed by atoms with E-state index in [2.05, 4.69) is 0 Å². The van der Waals surface area contributed by atoms with Crippen molar-refractivity contribution < 1.29 is 18.7 Å². The van der Waals surface area contributed by atoms with Gasteiger partial charge < -0.3 is 9.64 Å². The highest BCUT2D eigenvalue weighted by molar-refractivity contribution is 6.36. The molecule has 21 heavy (non-hydrogen) atoms. The maximum absolute atomic E-state index is 13.5. The number of ether oxygens (including phenoxy) is 1. The lowest BCUT2D eigenvalue weighted by atomic mass is 9.96. The van der Waals surface area contributed by atoms with Crippen LogP contribution in [0, 0.1) is 11.7 Å². The highest BCUT2D eigenvalue weighted by atomic mass is 35.5. The van der Waals surface area contributed by atoms with Crippen LogP contribution >= 0.6 is 23.2 Å². The third kappa shape index (κ3) is 3.47. The van der Waals surface area contributed by atoms with E-state index in [4.69, 9.17) is 27.9 Å². The Hall–Kier alpha value is -1.33. The van der Waals surface area contributed by atoms with Crippen molar-refractivity contribution in [2.24, 2.45) is 5.92 Å². The lowest BCUT2D eigenvalue weighted by Gasteiger charge is -2.31. The van der Waals surface area contributed by atoms with E-state index in [0.717, 1.165) is 6.07 Å². The van der Waals surface area contributed by atoms with Crippen LogP contribution in [-0.4, -0.2) is 37.0 Å². The molecule has 7 heteroatoms. The largest absolute Gasteiger partial charge is 0.469 e. The van der Waals surface area contributed by atoms with Crippen LogP contribution in [0.4, 0.5) is 4.39 Å². The van der Waals surface area contributed by atoms with Gasteiger partial charge in [-0.05, 0) is 25.0 Å². The zero-order valence-electron chi connectivity index (χ0n) is 11.4. The molecule has 0 unspecified atom stereocenters. The molecule has 1 saturated heterocycles. The number of hydrogen-bond acceptors (Lipinski definition) is 3. The number of hydrogen-bond donors (Lipinski definition) is 0. The second-order valence-corrected chi connectivity index (χ2v) is 5.65. The second-order valence-electron chi connectivity index (χ2n) is 4.84. The Bertz CT molecular complexity index is 572. The number of benzene rings is 1. The molecule has 0 saturated carbocycles. The van der Waals surface area contributed by atoms with Crippen molar-refractivity contribution in [3.05, 3.63) is 33.6 Å². The molecule has 0 aromatic heterocycles. The summed E-state index contributed by atoms with van der Waals surface area (Å²) < 4.78 is 18.2. The molecule has 0 spiro atoms. The van der Waals surface area contributed by atoms with Crippen molar-refractivity contribution in [2.45, 2.75) is 12.8 Å². The molecule has 0 bridgehead atoms. The first-order valence-corrected chi connectivity index (χ1v) is 7.21. The van der Waals surface area contributed by atoms with Gasteiger partial charge in [-0.25, -0.2) is 4.39 Å². The van der Waals surface area contributed by atoms with Crippen LogP contribution in [0.1, 0.15) is 23.2 Å². The molecule has 1 fully saturated rings. The van der Waals surface area contributed by atoms with Gasteiger partial charge in [0.1, 0.15) is 5.82 Å². The van der Waals surface area contributed by atoms with Crippen LogP contribution in [0.5, 0.6) is 0 Å². The van der Waals surface area contributed by atoms with E-state index in [-0.39, 0.29) is 33.4 Å². The van der Waals surface area contributed by atoms with Gasteiger partial charge in [-0.2, -0.15) is 0 Å². The SMILES string of the molecule is COC(=O)C1CCN(C(=O)c2cc(F)c(Cl)cc2Cl)CC1. The monoisotopic (exact) mass is 333 g/mol. The summed E-state index contributed by atoms with van der Waals surface area (Å²) in [5.41, 5.74) is 0.0788. The number of carbonyl (C=O) groups excluding carboxylic acids is 2. The number of methoxy groups -OCH3 is 1. The smallest absolute Gasteiger partial charge is 0.308 e. The van der Waals surface area contributed by atoms with Crippen molar-refractivity contribution in [1.82, 2.24) is 4.90 Å². The molecule has 2 rings (SSSR count). The Morgan fingerprint density at radius 2 is 1.86 bits per heavy atom. The quantitative estimate of drug-likeness (QED) is 0.617. The van der Waals surface area contributed by atoms with Gasteiger partial charge in [-0.1, -0.05) is 23.2 Å². The van der Waals surface area contributed by atoms with Gasteiger partial charge in [0, 0.05) is 13.1 Å². The van der Waals surface area contributed by atoms with Crippen molar-refractivity contribution in [1.29, 1.82) is 0 Å². The standard InChI is InChI=1S/C14H14Cl2FNO3/c1-21-14(20)8-2-4-18(5-3-8)13(19)9-6-12(17)11(16)7-10(9)15/h6-8H,2-5H2,1H3. The fraction of sp³-hybridized carbons (Fsp3) is 0.429. The Kier molecular flexibility index (Phi) is 5.06. The van der Waals surface area contributed by atoms with Gasteiger partial charge in [0.15, 0.2) is 0 Å². The first-order chi connectivity index (χ1) is 9.93. The summed E-state index contributed by atoms with van der Waals surface area (Å²) in [5.74, 6) is -1.51. The number of amides is 1. The zero-order valence-corrected chi connectivity index (χ0v) is 12.9. The number of carbonyl (C=O) groups is 2. The minimum absolute atomic E-state index is 0.0788. The van der Waals surface area contributed by atoms with E-state index in [1.54, 1.807) is 4.90 Å². The molecule has 1 amide bonds. The Balaban J connectivity index is 2.09. The Labute approximate surface area is 131 Å². The second kappa shape index (κ2) is 6.62. The maximum Gasteiger partial charge on any atom is 0.308 e. The number of piperidine rings is 1. The number of nitrogens with zero attached hydrogens (tertiary/aromatic N) is 1. The molecule has 114 valence electrons. The highest BCUT2D eigenvalue weighted by Gasteiger charge is 2.29. The summed E-state index contributed by atoms with van der Waals surface area (Å²) >= 11 is 11.6. The van der Waals surface area contributed by atoms with E-state index < -0.39 is 5.82 Å². The van der Waals surface area contributed by atoms with Gasteiger partial charge >= 0.3 is 5.97 Å². The minimum atomic E-state index is -0.686. The predicted octanol–water partition coefficient (Wildman–Crippen LogP) is 3.16. The van der Waals surface area contributed by atoms with Crippen LogP contribution in [-0.2, 0) is 9.53 Å². The lowest BCUT2D eigenvalue weighted by Crippen LogP contribution is -2.40. The van der Waals surface area contributed by atoms with Crippen LogP contribution in [0.3, 0.4) is 0 Å². The summed E-state index contributed by atoms with van der Waals surface area (Å²) in [6.07, 6.45) is 1.04. The molecule has 4 nitrogen and oxygen atoms in total. The summed E-state index contributed by atoms with van der Waals surface area (Å²) in [7, 11) is 1.34. The Morgan fingerprint density at radius 3 is 2.43 bits per heavy atom. The third-order valence-electron chi connectivity index (χ3n) is 3.56. The molecular formula is C14H14Cl2FNO3. The molecule has 1 aromatic rings. The normalized spacial score (nSPS) is 15.9. The van der Waals surface area contributed by atoms with Gasteiger partial charge in [-0.3, -0.25) is 9.59 Å². The zero-order chi connectivity index (χ0) is 15.6. The number of rotatable bonds is 2. The maximum atomic E-state index is 13.5. The topological polar surface area (TPSA) is 46.6 Å². The fourth-order valence-electron chi connectivity index (χ4n) is 2.34. The molecule has 1 heterocycles. The van der Waals surface area contributed by atoms with E-state index in [1.807, 2.05) is 0 Å². The summed E-state index contributed by atoms with van der Waals surface area (Å²) in [5, 5.41) is -0.0116. The van der Waals surface area contributed by atoms with Crippen molar-refractivity contribution in [3.8, 4) is 0 Å². The molecule has 0 aliphatic carbocycles. The average molecular weight is 334 g/mol. The van der Waals surface area contributed by atoms with E-state index in [9.17, 15) is 14.0 Å². The van der Waals surface area contributed by atoms with Crippen LogP contribution in [0.2, 0.25) is 10.0 Å². The van der Waals surface area contributed by atoms with Gasteiger partial charge in [0.05, 0.1) is 28.6 Å². The third-order valence-corrected chi connectivity index (χ3v) is 4.16. The van der Waals surface area contributed by atoms with E-state index >= 15 is 0 Å². The van der Waals surface area contributed by atoms with Crippen molar-refractivity contribution in [3.63, 3.8) is 0 Å². The predicted molar refractivity (Wildman–Crippen MR) is 77.1 cm³/mol. The van der Waals surface area contributed by atoms with Crippen LogP contribution in [0.15, 0.2) is 12.1 Å². The van der Waals surface area contributed by atoms with Gasteiger partial charge in [0.2, 0.25) is 0 Å². The molecule has 0 atom stereocenters. The first-order valence-electron chi connectivity index (χ1n) is 6.45. The number of esters is 1. The van der Waals surface area contributed by atoms with Crippen LogP contribution in [0.25, 0.3) is 0 Å². The molecule has 0 radical (unpaired) electrons. The van der Waals surface area contributed by atoms with Gasteiger partial charge in [-0.15, -0.1) is 0 Å². The average Bonchev–Trinajstić information content (AvgIpc) is 2.49. The molecule has 0 N–H and O–H groups in total. The van der Waals surface area contributed by atoms with Crippen molar-refractivity contribution >= 4 is 35.1 Å². The van der Waals surface area contributed by atoms with Gasteiger partial charge in [0.25, 0.3) is 5.91 Å². The highest BCUT2D eigenvalue weighted by Crippen LogP contribution is 2.27. The molecule has 1 aliphatic heterocycles. The Morgan fingerprint density at radius 1 is 1.24 bits per heavy atom. The number of likely N-dealkylation sites (tertiary alicyclic amines) is 1. The molecular weight excluding hydrogens is 320 g/mol. The van der Waals surface area contributed by atoms with E-state index in [0.29, 0.717) is 25.9 Å². The lowest BCUT2D eigenvalue weighted by molar-refractivity contribution is -0.146. The fourth-order valence-corrected chi connectivity index (χ4v) is 2.81. The minimum Gasteiger partial charge on any atom is -0.469 e. The number of halogens is 3. The van der Waals surface area contributed by atoms with E-state index in [1.165, 1.54) is 13.2 Å². The first kappa shape index (κ1) is 16.0. The summed E-state index contributed by atoms with van der Waals surface area (Å²) in [4.78, 5) is 25.3.